The van der Waals surface area contributed by atoms with E-state index in [1.807, 2.05) is 24.4 Å². The predicted octanol–water partition coefficient (Wildman–Crippen LogP) is 3.19. The maximum Gasteiger partial charge on any atom is 0.164 e. The molecule has 2 rings (SSSR count). The zero-order chi connectivity index (χ0) is 15.2. The summed E-state index contributed by atoms with van der Waals surface area (Å²) in [5.74, 6) is 2.13. The van der Waals surface area contributed by atoms with E-state index in [1.165, 1.54) is 0 Å². The van der Waals surface area contributed by atoms with E-state index in [0.29, 0.717) is 18.0 Å². The summed E-state index contributed by atoms with van der Waals surface area (Å²) in [6, 6.07) is 3.77. The summed E-state index contributed by atoms with van der Waals surface area (Å²) in [5, 5.41) is 6.49. The highest BCUT2D eigenvalue weighted by Gasteiger charge is 2.11. The lowest BCUT2D eigenvalue weighted by atomic mass is 10.1. The van der Waals surface area contributed by atoms with Gasteiger partial charge in [0.1, 0.15) is 10.8 Å². The number of nitrogens with zero attached hydrogens (tertiary/aromatic N) is 1. The molecule has 0 bridgehead atoms. The van der Waals surface area contributed by atoms with E-state index in [1.54, 1.807) is 32.7 Å². The minimum atomic E-state index is 0. The number of methoxy groups -OCH3 is 3. The molecule has 1 aromatic heterocycles. The van der Waals surface area contributed by atoms with Crippen molar-refractivity contribution in [3.63, 3.8) is 0 Å². The molecule has 122 valence electrons. The molecule has 0 atom stereocenters. The first kappa shape index (κ1) is 18.5. The van der Waals surface area contributed by atoms with Gasteiger partial charge in [0.25, 0.3) is 0 Å². The molecule has 0 saturated heterocycles. The first-order valence-corrected chi connectivity index (χ1v) is 7.46. The molecule has 1 aromatic carbocycles. The number of thiazole rings is 1. The van der Waals surface area contributed by atoms with Crippen LogP contribution in [-0.2, 0) is 13.1 Å². The number of hydrogen-bond donors (Lipinski definition) is 1. The Morgan fingerprint density at radius 3 is 2.18 bits per heavy atom. The lowest BCUT2D eigenvalue weighted by Crippen LogP contribution is -2.13. The number of ether oxygens (including phenoxy) is 3. The molecule has 0 radical (unpaired) electrons. The standard InChI is InChI=1S/C15H20N2O3S.ClH/c1-10-9-21-15(17-10)8-16-7-11-5-13(19-3)14(20-4)6-12(11)18-2;/h5-6,9,16H,7-8H2,1-4H3;1H. The fourth-order valence-electron chi connectivity index (χ4n) is 2.02. The van der Waals surface area contributed by atoms with Gasteiger partial charge in [-0.15, -0.1) is 23.7 Å². The van der Waals surface area contributed by atoms with Gasteiger partial charge in [0, 0.05) is 35.8 Å². The monoisotopic (exact) mass is 344 g/mol. The van der Waals surface area contributed by atoms with Crippen molar-refractivity contribution < 1.29 is 14.2 Å². The number of hydrogen-bond acceptors (Lipinski definition) is 6. The van der Waals surface area contributed by atoms with Crippen LogP contribution >= 0.6 is 23.7 Å². The summed E-state index contributed by atoms with van der Waals surface area (Å²) in [7, 11) is 4.88. The van der Waals surface area contributed by atoms with Crippen LogP contribution in [0.3, 0.4) is 0 Å². The number of rotatable bonds is 7. The van der Waals surface area contributed by atoms with E-state index in [9.17, 15) is 0 Å². The maximum absolute atomic E-state index is 5.41. The van der Waals surface area contributed by atoms with Crippen molar-refractivity contribution in [2.45, 2.75) is 20.0 Å². The van der Waals surface area contributed by atoms with E-state index in [4.69, 9.17) is 14.2 Å². The van der Waals surface area contributed by atoms with Crippen LogP contribution < -0.4 is 19.5 Å². The molecule has 1 N–H and O–H groups in total. The van der Waals surface area contributed by atoms with Gasteiger partial charge in [0.15, 0.2) is 11.5 Å². The van der Waals surface area contributed by atoms with Crippen molar-refractivity contribution >= 4 is 23.7 Å². The van der Waals surface area contributed by atoms with E-state index >= 15 is 0 Å². The molecule has 0 fully saturated rings. The smallest absolute Gasteiger partial charge is 0.164 e. The Labute approximate surface area is 141 Å². The quantitative estimate of drug-likeness (QED) is 0.836. The zero-order valence-electron chi connectivity index (χ0n) is 13.1. The fourth-order valence-corrected chi connectivity index (χ4v) is 2.76. The minimum Gasteiger partial charge on any atom is -0.496 e. The number of halogens is 1. The van der Waals surface area contributed by atoms with E-state index < -0.39 is 0 Å². The molecule has 0 aliphatic carbocycles. The molecule has 0 aliphatic rings. The van der Waals surface area contributed by atoms with Crippen LogP contribution in [0.1, 0.15) is 16.3 Å². The topological polar surface area (TPSA) is 52.6 Å². The second-order valence-electron chi connectivity index (χ2n) is 4.51. The molecule has 0 saturated carbocycles. The highest BCUT2D eigenvalue weighted by Crippen LogP contribution is 2.34. The van der Waals surface area contributed by atoms with Crippen LogP contribution in [-0.4, -0.2) is 26.3 Å². The number of aromatic nitrogens is 1. The third kappa shape index (κ3) is 4.50. The summed E-state index contributed by atoms with van der Waals surface area (Å²) < 4.78 is 16.0. The van der Waals surface area contributed by atoms with Crippen molar-refractivity contribution in [2.24, 2.45) is 0 Å². The first-order chi connectivity index (χ1) is 10.2. The lowest BCUT2D eigenvalue weighted by molar-refractivity contribution is 0.347. The van der Waals surface area contributed by atoms with Gasteiger partial charge in [0.05, 0.1) is 21.3 Å². The molecule has 1 heterocycles. The van der Waals surface area contributed by atoms with Crippen LogP contribution in [0.15, 0.2) is 17.5 Å². The van der Waals surface area contributed by atoms with Crippen LogP contribution in [0.4, 0.5) is 0 Å². The normalized spacial score (nSPS) is 10.0. The van der Waals surface area contributed by atoms with Crippen molar-refractivity contribution in [1.82, 2.24) is 10.3 Å². The Kier molecular flexibility index (Phi) is 7.44. The van der Waals surface area contributed by atoms with Gasteiger partial charge < -0.3 is 19.5 Å². The van der Waals surface area contributed by atoms with Gasteiger partial charge in [-0.05, 0) is 13.0 Å². The van der Waals surface area contributed by atoms with E-state index in [2.05, 4.69) is 10.3 Å². The van der Waals surface area contributed by atoms with Crippen molar-refractivity contribution in [1.29, 1.82) is 0 Å². The Balaban J connectivity index is 0.00000242. The molecule has 0 amide bonds. The number of nitrogens with one attached hydrogen (secondary N) is 1. The maximum atomic E-state index is 5.41. The van der Waals surface area contributed by atoms with Gasteiger partial charge in [0.2, 0.25) is 0 Å². The lowest BCUT2D eigenvalue weighted by Gasteiger charge is -2.14. The SMILES string of the molecule is COc1cc(OC)c(OC)cc1CNCc1nc(C)cs1.Cl. The molecular formula is C15H21ClN2O3S. The summed E-state index contributed by atoms with van der Waals surface area (Å²) >= 11 is 1.66. The summed E-state index contributed by atoms with van der Waals surface area (Å²) in [6.07, 6.45) is 0. The molecule has 0 unspecified atom stereocenters. The summed E-state index contributed by atoms with van der Waals surface area (Å²) in [6.45, 7) is 3.40. The van der Waals surface area contributed by atoms with Gasteiger partial charge in [-0.25, -0.2) is 4.98 Å². The van der Waals surface area contributed by atoms with E-state index in [-0.39, 0.29) is 12.4 Å². The largest absolute Gasteiger partial charge is 0.496 e. The molecule has 22 heavy (non-hydrogen) atoms. The third-order valence-electron chi connectivity index (χ3n) is 3.04. The highest BCUT2D eigenvalue weighted by molar-refractivity contribution is 7.09. The molecule has 7 heteroatoms. The molecule has 0 spiro atoms. The van der Waals surface area contributed by atoms with E-state index in [0.717, 1.165) is 28.6 Å². The molecule has 2 aromatic rings. The molecular weight excluding hydrogens is 324 g/mol. The Morgan fingerprint density at radius 1 is 1.00 bits per heavy atom. The number of aryl methyl sites for hydroxylation is 1. The minimum absolute atomic E-state index is 0. The van der Waals surface area contributed by atoms with Crippen LogP contribution in [0.2, 0.25) is 0 Å². The van der Waals surface area contributed by atoms with Gasteiger partial charge in [-0.2, -0.15) is 0 Å². The fraction of sp³-hybridized carbons (Fsp3) is 0.400. The molecule has 0 aliphatic heterocycles. The zero-order valence-corrected chi connectivity index (χ0v) is 14.8. The summed E-state index contributed by atoms with van der Waals surface area (Å²) in [4.78, 5) is 4.43. The Bertz CT molecular complexity index is 604. The highest BCUT2D eigenvalue weighted by atomic mass is 35.5. The average Bonchev–Trinajstić information content (AvgIpc) is 2.92. The average molecular weight is 345 g/mol. The number of benzene rings is 1. The summed E-state index contributed by atoms with van der Waals surface area (Å²) in [5.41, 5.74) is 2.07. The van der Waals surface area contributed by atoms with Gasteiger partial charge >= 0.3 is 0 Å². The van der Waals surface area contributed by atoms with Crippen LogP contribution in [0.5, 0.6) is 17.2 Å². The van der Waals surface area contributed by atoms with Crippen molar-refractivity contribution in [3.05, 3.63) is 33.8 Å². The Morgan fingerprint density at radius 2 is 1.64 bits per heavy atom. The second kappa shape index (κ2) is 8.82. The van der Waals surface area contributed by atoms with Crippen LogP contribution in [0.25, 0.3) is 0 Å². The van der Waals surface area contributed by atoms with Gasteiger partial charge in [-0.1, -0.05) is 0 Å². The predicted molar refractivity (Wildman–Crippen MR) is 90.7 cm³/mol. The van der Waals surface area contributed by atoms with Gasteiger partial charge in [-0.3, -0.25) is 0 Å². The van der Waals surface area contributed by atoms with Crippen molar-refractivity contribution in [2.75, 3.05) is 21.3 Å². The first-order valence-electron chi connectivity index (χ1n) is 6.58. The van der Waals surface area contributed by atoms with Crippen molar-refractivity contribution in [3.8, 4) is 17.2 Å². The van der Waals surface area contributed by atoms with Crippen LogP contribution in [0, 0.1) is 6.92 Å². The third-order valence-corrected chi connectivity index (χ3v) is 4.01. The Hall–Kier alpha value is -1.50. The molecule has 5 nitrogen and oxygen atoms in total. The second-order valence-corrected chi connectivity index (χ2v) is 5.45.